The number of aromatic nitrogens is 1. The maximum atomic E-state index is 13.8. The highest BCUT2D eigenvalue weighted by Crippen LogP contribution is 2.27. The van der Waals surface area contributed by atoms with Gasteiger partial charge in [0, 0.05) is 13.9 Å². The second kappa shape index (κ2) is 4.92. The average molecular weight is 297 g/mol. The van der Waals surface area contributed by atoms with E-state index in [1.165, 1.54) is 6.07 Å². The molecule has 19 heavy (non-hydrogen) atoms. The van der Waals surface area contributed by atoms with Gasteiger partial charge in [-0.15, -0.1) is 13.1 Å². The fourth-order valence-corrected chi connectivity index (χ4v) is 2.87. The van der Waals surface area contributed by atoms with Crippen molar-refractivity contribution in [2.24, 2.45) is 0 Å². The molecule has 0 aliphatic heterocycles. The van der Waals surface area contributed by atoms with Gasteiger partial charge in [-0.05, 0) is 11.6 Å². The number of hydrogen-bond donors (Lipinski definition) is 2. The summed E-state index contributed by atoms with van der Waals surface area (Å²) in [5, 5.41) is 1.10. The normalized spacial score (nSPS) is 11.6. The van der Waals surface area contributed by atoms with E-state index < -0.39 is 14.3 Å². The Labute approximate surface area is 117 Å². The Morgan fingerprint density at radius 2 is 1.84 bits per heavy atom. The minimum absolute atomic E-state index is 0.0246. The van der Waals surface area contributed by atoms with Crippen molar-refractivity contribution in [3.05, 3.63) is 41.3 Å². The van der Waals surface area contributed by atoms with Crippen LogP contribution in [0.5, 0.6) is 0 Å². The van der Waals surface area contributed by atoms with Crippen molar-refractivity contribution in [1.82, 2.24) is 4.98 Å². The van der Waals surface area contributed by atoms with Crippen LogP contribution < -0.4 is 10.9 Å². The monoisotopic (exact) mass is 296 g/mol. The summed E-state index contributed by atoms with van der Waals surface area (Å²) in [6.45, 7) is 3.65. The van der Waals surface area contributed by atoms with E-state index in [0.29, 0.717) is 11.1 Å². The number of nitrogens with zero attached hydrogens (tertiary/aromatic N) is 1. The third-order valence-electron chi connectivity index (χ3n) is 2.86. The topological polar surface area (TPSA) is 59.1 Å². The Hall–Kier alpha value is -1.43. The van der Waals surface area contributed by atoms with Gasteiger partial charge in [-0.1, -0.05) is 35.9 Å². The van der Waals surface area contributed by atoms with Crippen LogP contribution in [0.15, 0.2) is 30.3 Å². The van der Waals surface area contributed by atoms with Crippen molar-refractivity contribution in [3.63, 3.8) is 0 Å². The lowest BCUT2D eigenvalue weighted by Gasteiger charge is -2.27. The summed E-state index contributed by atoms with van der Waals surface area (Å²) in [4.78, 5) is 13.6. The molecule has 0 spiro atoms. The lowest BCUT2D eigenvalue weighted by molar-refractivity contribution is 0.568. The minimum atomic E-state index is -2.35. The van der Waals surface area contributed by atoms with Crippen LogP contribution in [-0.2, 0) is 0 Å². The van der Waals surface area contributed by atoms with Gasteiger partial charge in [-0.3, -0.25) is 0 Å². The fourth-order valence-electron chi connectivity index (χ4n) is 1.74. The molecule has 0 aliphatic rings. The van der Waals surface area contributed by atoms with Crippen LogP contribution in [0.25, 0.3) is 11.1 Å². The fraction of sp³-hybridized carbons (Fsp3) is 0.154. The van der Waals surface area contributed by atoms with Crippen LogP contribution in [0, 0.1) is 5.95 Å². The first-order valence-electron chi connectivity index (χ1n) is 5.74. The molecule has 6 heteroatoms. The standard InChI is InChI=1S/C13H14ClFN2OSi/c1-19(2,18)9-5-3-8(4-6-9)10-7-11(14)13(16)17-12(10)15/h3-7,18H,1-2H3,(H2,16,17)/q-1. The molecule has 0 saturated heterocycles. The summed E-state index contributed by atoms with van der Waals surface area (Å²) < 4.78 is 13.8. The van der Waals surface area contributed by atoms with E-state index in [1.54, 1.807) is 24.3 Å². The summed E-state index contributed by atoms with van der Waals surface area (Å²) >= 11 is 5.85. The Morgan fingerprint density at radius 1 is 1.26 bits per heavy atom. The predicted molar refractivity (Wildman–Crippen MR) is 78.4 cm³/mol. The number of rotatable bonds is 2. The molecule has 2 aromatic rings. The maximum absolute atomic E-state index is 13.8. The molecule has 0 radical (unpaired) electrons. The number of benzene rings is 1. The van der Waals surface area contributed by atoms with Gasteiger partial charge in [0.25, 0.3) is 0 Å². The van der Waals surface area contributed by atoms with Gasteiger partial charge < -0.3 is 10.5 Å². The first kappa shape index (κ1) is 14.0. The van der Waals surface area contributed by atoms with E-state index in [1.807, 2.05) is 13.1 Å². The quantitative estimate of drug-likeness (QED) is 0.661. The summed E-state index contributed by atoms with van der Waals surface area (Å²) in [5.74, 6) is -0.682. The molecule has 3 nitrogen and oxygen atoms in total. The Bertz CT molecular complexity index is 611. The zero-order valence-corrected chi connectivity index (χ0v) is 12.4. The molecule has 101 valence electrons. The third-order valence-corrected chi connectivity index (χ3v) is 4.91. The number of anilines is 1. The molecule has 0 bridgehead atoms. The third kappa shape index (κ3) is 2.94. The Kier molecular flexibility index (Phi) is 3.62. The summed E-state index contributed by atoms with van der Waals surface area (Å²) in [6, 6.07) is 8.53. The molecule has 3 N–H and O–H groups in total. The van der Waals surface area contributed by atoms with Gasteiger partial charge in [0.2, 0.25) is 5.95 Å². The molecule has 0 unspecified atom stereocenters. The summed E-state index contributed by atoms with van der Waals surface area (Å²) in [5.41, 5.74) is 6.38. The van der Waals surface area contributed by atoms with E-state index in [2.05, 4.69) is 4.98 Å². The van der Waals surface area contributed by atoms with Gasteiger partial charge in [-0.25, -0.2) is 4.98 Å². The van der Waals surface area contributed by atoms with Crippen molar-refractivity contribution in [1.29, 1.82) is 0 Å². The molecule has 0 amide bonds. The Balaban J connectivity index is 2.46. The van der Waals surface area contributed by atoms with Crippen LogP contribution in [-0.4, -0.2) is 18.1 Å². The lowest BCUT2D eigenvalue weighted by Crippen LogP contribution is -2.41. The summed E-state index contributed by atoms with van der Waals surface area (Å²) in [7, 11) is -2.35. The van der Waals surface area contributed by atoms with Crippen LogP contribution in [0.4, 0.5) is 10.2 Å². The predicted octanol–water partition coefficient (Wildman–Crippen LogP) is 2.53. The molecular formula is C13H14ClFN2OSi-. The number of nitrogen functional groups attached to an aromatic ring is 1. The number of halogens is 2. The highest BCUT2D eigenvalue weighted by molar-refractivity contribution is 6.83. The van der Waals surface area contributed by atoms with E-state index in [-0.39, 0.29) is 10.8 Å². The minimum Gasteiger partial charge on any atom is -0.576 e. The van der Waals surface area contributed by atoms with Crippen LogP contribution >= 0.6 is 11.6 Å². The van der Waals surface area contributed by atoms with E-state index in [4.69, 9.17) is 17.3 Å². The zero-order chi connectivity index (χ0) is 14.2. The van der Waals surface area contributed by atoms with Gasteiger partial charge in [-0.2, -0.15) is 9.58 Å². The van der Waals surface area contributed by atoms with Crippen LogP contribution in [0.2, 0.25) is 18.1 Å². The average Bonchev–Trinajstić information content (AvgIpc) is 2.33. The number of nitrogens with two attached hydrogens (primary N) is 1. The smallest absolute Gasteiger partial charge is 0.222 e. The molecule has 0 aliphatic carbocycles. The SMILES string of the molecule is C[Si-](C)(O)c1ccc(-c2cc(Cl)c(N)nc2F)cc1. The van der Waals surface area contributed by atoms with Gasteiger partial charge in [0.1, 0.15) is 5.82 Å². The Morgan fingerprint density at radius 3 is 2.37 bits per heavy atom. The molecule has 0 atom stereocenters. The van der Waals surface area contributed by atoms with Crippen molar-refractivity contribution >= 4 is 30.9 Å². The molecule has 0 fully saturated rings. The van der Waals surface area contributed by atoms with Crippen molar-refractivity contribution in [2.45, 2.75) is 13.1 Å². The number of pyridine rings is 1. The zero-order valence-electron chi connectivity index (χ0n) is 10.6. The van der Waals surface area contributed by atoms with Crippen LogP contribution in [0.3, 0.4) is 0 Å². The van der Waals surface area contributed by atoms with E-state index in [9.17, 15) is 9.19 Å². The molecule has 1 heterocycles. The highest BCUT2D eigenvalue weighted by Gasteiger charge is 2.12. The first-order valence-corrected chi connectivity index (χ1v) is 9.06. The van der Waals surface area contributed by atoms with E-state index >= 15 is 0 Å². The van der Waals surface area contributed by atoms with Gasteiger partial charge in [0.05, 0.1) is 5.02 Å². The molecule has 1 aromatic carbocycles. The van der Waals surface area contributed by atoms with E-state index in [0.717, 1.165) is 5.19 Å². The molecule has 2 rings (SSSR count). The largest absolute Gasteiger partial charge is 0.576 e. The van der Waals surface area contributed by atoms with Crippen molar-refractivity contribution < 1.29 is 9.19 Å². The summed E-state index contributed by atoms with van der Waals surface area (Å²) in [6.07, 6.45) is 0. The molecular weight excluding hydrogens is 283 g/mol. The molecule has 0 saturated carbocycles. The second-order valence-electron chi connectivity index (χ2n) is 4.83. The van der Waals surface area contributed by atoms with Gasteiger partial charge >= 0.3 is 0 Å². The van der Waals surface area contributed by atoms with Crippen LogP contribution in [0.1, 0.15) is 0 Å². The van der Waals surface area contributed by atoms with Gasteiger partial charge in [0.15, 0.2) is 0 Å². The molecule has 1 aromatic heterocycles. The second-order valence-corrected chi connectivity index (χ2v) is 8.93. The maximum Gasteiger partial charge on any atom is 0.222 e. The first-order chi connectivity index (χ1) is 8.79. The lowest BCUT2D eigenvalue weighted by atomic mass is 10.1. The number of hydrogen-bond acceptors (Lipinski definition) is 3. The highest BCUT2D eigenvalue weighted by atomic mass is 35.5. The van der Waals surface area contributed by atoms with Crippen molar-refractivity contribution in [3.8, 4) is 11.1 Å². The van der Waals surface area contributed by atoms with Crippen molar-refractivity contribution in [2.75, 3.05) is 5.73 Å².